The number of hydrogen-bond acceptors (Lipinski definition) is 3. The van der Waals surface area contributed by atoms with E-state index in [1.807, 2.05) is 42.5 Å². The Morgan fingerprint density at radius 3 is 2.58 bits per heavy atom. The number of fused-ring (bicyclic) bond motifs is 2. The molecule has 3 amide bonds. The predicted molar refractivity (Wildman–Crippen MR) is 97.5 cm³/mol. The average Bonchev–Trinajstić information content (AvgIpc) is 3.13. The zero-order chi connectivity index (χ0) is 18.1. The van der Waals surface area contributed by atoms with Gasteiger partial charge in [0.05, 0.1) is 5.41 Å². The summed E-state index contributed by atoms with van der Waals surface area (Å²) in [6.07, 6.45) is 1.80. The van der Waals surface area contributed by atoms with Crippen molar-refractivity contribution in [3.63, 3.8) is 0 Å². The first-order chi connectivity index (χ1) is 12.6. The molecule has 1 N–H and O–H groups in total. The Kier molecular flexibility index (Phi) is 4.07. The largest absolute Gasteiger partial charge is 0.326 e. The van der Waals surface area contributed by atoms with Crippen molar-refractivity contribution in [2.45, 2.75) is 31.1 Å². The van der Waals surface area contributed by atoms with Crippen LogP contribution >= 0.6 is 0 Å². The van der Waals surface area contributed by atoms with Crippen LogP contribution in [0.1, 0.15) is 30.4 Å². The number of para-hydroxylation sites is 1. The number of nitrogens with one attached hydrogen (secondary N) is 1. The quantitative estimate of drug-likeness (QED) is 0.864. The fourth-order valence-electron chi connectivity index (χ4n) is 4.08. The Morgan fingerprint density at radius 2 is 1.77 bits per heavy atom. The highest BCUT2D eigenvalue weighted by molar-refractivity contribution is 6.10. The number of nitrogens with zero attached hydrogens (tertiary/aromatic N) is 1. The van der Waals surface area contributed by atoms with Crippen molar-refractivity contribution in [1.82, 2.24) is 4.90 Å². The first-order valence-corrected chi connectivity index (χ1v) is 8.88. The molecule has 1 aliphatic heterocycles. The van der Waals surface area contributed by atoms with Crippen LogP contribution in [0.3, 0.4) is 0 Å². The average molecular weight is 348 g/mol. The molecule has 2 aromatic carbocycles. The van der Waals surface area contributed by atoms with Crippen LogP contribution in [-0.4, -0.2) is 29.2 Å². The monoisotopic (exact) mass is 348 g/mol. The molecule has 1 spiro atoms. The second kappa shape index (κ2) is 6.41. The van der Waals surface area contributed by atoms with Crippen LogP contribution in [0.2, 0.25) is 0 Å². The van der Waals surface area contributed by atoms with Crippen molar-refractivity contribution in [1.29, 1.82) is 0 Å². The molecule has 0 unspecified atom stereocenters. The molecule has 0 aromatic heterocycles. The van der Waals surface area contributed by atoms with Crippen molar-refractivity contribution in [3.05, 3.63) is 65.7 Å². The van der Waals surface area contributed by atoms with Crippen LogP contribution < -0.4 is 5.32 Å². The number of anilines is 1. The lowest BCUT2D eigenvalue weighted by Gasteiger charge is -2.22. The zero-order valence-electron chi connectivity index (χ0n) is 14.4. The van der Waals surface area contributed by atoms with Gasteiger partial charge in [0.2, 0.25) is 17.7 Å². The zero-order valence-corrected chi connectivity index (χ0v) is 14.4. The lowest BCUT2D eigenvalue weighted by atomic mass is 9.80. The minimum Gasteiger partial charge on any atom is -0.326 e. The molecular formula is C21H20N2O3. The van der Waals surface area contributed by atoms with Crippen LogP contribution in [0.25, 0.3) is 0 Å². The molecule has 5 heteroatoms. The van der Waals surface area contributed by atoms with Gasteiger partial charge in [-0.1, -0.05) is 42.5 Å². The highest BCUT2D eigenvalue weighted by atomic mass is 16.2. The fraction of sp³-hybridized carbons (Fsp3) is 0.286. The SMILES string of the molecule is O=C(CCN1C(=O)C[C@@]2(CCc3ccccc32)C1=O)Nc1ccccc1. The minimum absolute atomic E-state index is 0.101. The molecule has 1 heterocycles. The molecule has 0 saturated carbocycles. The van der Waals surface area contributed by atoms with E-state index in [4.69, 9.17) is 0 Å². The summed E-state index contributed by atoms with van der Waals surface area (Å²) in [7, 11) is 0. The van der Waals surface area contributed by atoms with Crippen LogP contribution in [0.4, 0.5) is 5.69 Å². The van der Waals surface area contributed by atoms with Crippen LogP contribution in [-0.2, 0) is 26.2 Å². The number of imide groups is 1. The van der Waals surface area contributed by atoms with Gasteiger partial charge >= 0.3 is 0 Å². The smallest absolute Gasteiger partial charge is 0.240 e. The van der Waals surface area contributed by atoms with E-state index >= 15 is 0 Å². The van der Waals surface area contributed by atoms with Gasteiger partial charge in [-0.05, 0) is 36.1 Å². The molecule has 2 aromatic rings. The molecule has 0 bridgehead atoms. The molecule has 0 radical (unpaired) electrons. The predicted octanol–water partition coefficient (Wildman–Crippen LogP) is 2.66. The number of rotatable bonds is 4. The maximum atomic E-state index is 13.0. The van der Waals surface area contributed by atoms with Gasteiger partial charge in [0.1, 0.15) is 0 Å². The highest BCUT2D eigenvalue weighted by Gasteiger charge is 2.55. The molecule has 4 rings (SSSR count). The molecule has 26 heavy (non-hydrogen) atoms. The lowest BCUT2D eigenvalue weighted by Crippen LogP contribution is -2.38. The van der Waals surface area contributed by atoms with Gasteiger partial charge in [-0.25, -0.2) is 0 Å². The number of likely N-dealkylation sites (tertiary alicyclic amines) is 1. The maximum absolute atomic E-state index is 13.0. The summed E-state index contributed by atoms with van der Waals surface area (Å²) in [4.78, 5) is 39.0. The Morgan fingerprint density at radius 1 is 1.04 bits per heavy atom. The number of carbonyl (C=O) groups excluding carboxylic acids is 3. The molecule has 2 aliphatic rings. The van der Waals surface area contributed by atoms with Gasteiger partial charge in [0, 0.05) is 25.1 Å². The number of hydrogen-bond donors (Lipinski definition) is 1. The summed E-state index contributed by atoms with van der Waals surface area (Å²) in [5, 5.41) is 2.78. The molecule has 1 aliphatic carbocycles. The topological polar surface area (TPSA) is 66.5 Å². The second-order valence-corrected chi connectivity index (χ2v) is 6.93. The maximum Gasteiger partial charge on any atom is 0.240 e. The first-order valence-electron chi connectivity index (χ1n) is 8.88. The third-order valence-electron chi connectivity index (χ3n) is 5.38. The molecule has 132 valence electrons. The molecular weight excluding hydrogens is 328 g/mol. The standard InChI is InChI=1S/C21H20N2O3/c24-18(22-16-7-2-1-3-8-16)11-13-23-19(25)14-21(20(23)26)12-10-15-6-4-5-9-17(15)21/h1-9H,10-14H2,(H,22,24)/t21-/m1/s1. The van der Waals surface area contributed by atoms with E-state index in [1.165, 1.54) is 4.90 Å². The van der Waals surface area contributed by atoms with E-state index in [0.717, 1.165) is 17.5 Å². The Balaban J connectivity index is 1.45. The third kappa shape index (κ3) is 2.69. The van der Waals surface area contributed by atoms with Gasteiger partial charge in [-0.15, -0.1) is 0 Å². The van der Waals surface area contributed by atoms with Crippen LogP contribution in [0, 0.1) is 0 Å². The van der Waals surface area contributed by atoms with Crippen molar-refractivity contribution in [2.24, 2.45) is 0 Å². The Hall–Kier alpha value is -2.95. The van der Waals surface area contributed by atoms with E-state index in [0.29, 0.717) is 12.1 Å². The van der Waals surface area contributed by atoms with Gasteiger partial charge in [0.25, 0.3) is 0 Å². The number of carbonyl (C=O) groups is 3. The van der Waals surface area contributed by atoms with E-state index in [2.05, 4.69) is 5.32 Å². The molecule has 1 saturated heterocycles. The normalized spacial score (nSPS) is 21.3. The lowest BCUT2D eigenvalue weighted by molar-refractivity contribution is -0.140. The first kappa shape index (κ1) is 16.5. The summed E-state index contributed by atoms with van der Waals surface area (Å²) in [6, 6.07) is 17.0. The summed E-state index contributed by atoms with van der Waals surface area (Å²) in [5.74, 6) is -0.538. The van der Waals surface area contributed by atoms with Crippen molar-refractivity contribution < 1.29 is 14.4 Å². The third-order valence-corrected chi connectivity index (χ3v) is 5.38. The Labute approximate surface area is 152 Å². The number of amides is 3. The summed E-state index contributed by atoms with van der Waals surface area (Å²) in [5.41, 5.74) is 2.12. The Bertz CT molecular complexity index is 878. The number of benzene rings is 2. The van der Waals surface area contributed by atoms with Crippen molar-refractivity contribution in [3.8, 4) is 0 Å². The van der Waals surface area contributed by atoms with Gasteiger partial charge < -0.3 is 5.32 Å². The summed E-state index contributed by atoms with van der Waals surface area (Å²) in [6.45, 7) is 0.125. The van der Waals surface area contributed by atoms with E-state index in [1.54, 1.807) is 12.1 Å². The van der Waals surface area contributed by atoms with Crippen LogP contribution in [0.5, 0.6) is 0 Å². The van der Waals surface area contributed by atoms with Gasteiger partial charge in [-0.3, -0.25) is 19.3 Å². The van der Waals surface area contributed by atoms with Gasteiger partial charge in [0.15, 0.2) is 0 Å². The van der Waals surface area contributed by atoms with Crippen molar-refractivity contribution in [2.75, 3.05) is 11.9 Å². The second-order valence-electron chi connectivity index (χ2n) is 6.93. The van der Waals surface area contributed by atoms with E-state index in [9.17, 15) is 14.4 Å². The van der Waals surface area contributed by atoms with Crippen molar-refractivity contribution >= 4 is 23.4 Å². The fourth-order valence-corrected chi connectivity index (χ4v) is 4.08. The number of aryl methyl sites for hydroxylation is 1. The summed E-state index contributed by atoms with van der Waals surface area (Å²) >= 11 is 0. The molecule has 1 atom stereocenters. The molecule has 1 fully saturated rings. The minimum atomic E-state index is -0.719. The van der Waals surface area contributed by atoms with E-state index < -0.39 is 5.41 Å². The summed E-state index contributed by atoms with van der Waals surface area (Å²) < 4.78 is 0. The van der Waals surface area contributed by atoms with Gasteiger partial charge in [-0.2, -0.15) is 0 Å². The molecule has 5 nitrogen and oxygen atoms in total. The highest BCUT2D eigenvalue weighted by Crippen LogP contribution is 2.46. The van der Waals surface area contributed by atoms with E-state index in [-0.39, 0.29) is 37.1 Å². The van der Waals surface area contributed by atoms with Crippen LogP contribution in [0.15, 0.2) is 54.6 Å².